The zero-order valence-corrected chi connectivity index (χ0v) is 15.7. The fourth-order valence-corrected chi connectivity index (χ4v) is 3.47. The van der Waals surface area contributed by atoms with E-state index in [-0.39, 0.29) is 17.9 Å². The van der Waals surface area contributed by atoms with Gasteiger partial charge < -0.3 is 19.4 Å². The number of piperazine rings is 1. The zero-order chi connectivity index (χ0) is 20.4. The van der Waals surface area contributed by atoms with Crippen LogP contribution in [0.5, 0.6) is 5.75 Å². The van der Waals surface area contributed by atoms with Crippen LogP contribution in [0, 0.1) is 0 Å². The van der Waals surface area contributed by atoms with Crippen LogP contribution < -0.4 is 9.64 Å². The number of urea groups is 1. The molecule has 0 bridgehead atoms. The van der Waals surface area contributed by atoms with Crippen LogP contribution in [0.1, 0.15) is 5.56 Å². The number of hydrogen-bond donors (Lipinski definition) is 0. The van der Waals surface area contributed by atoms with Gasteiger partial charge in [0.1, 0.15) is 17.7 Å². The molecule has 2 fully saturated rings. The molecule has 0 N–H and O–H groups in total. The number of carbonyl (C=O) groups is 1. The van der Waals surface area contributed by atoms with Crippen LogP contribution in [-0.2, 0) is 6.18 Å². The predicted molar refractivity (Wildman–Crippen MR) is 101 cm³/mol. The third kappa shape index (κ3) is 4.38. The summed E-state index contributed by atoms with van der Waals surface area (Å²) < 4.78 is 44.0. The molecule has 1 aromatic carbocycles. The predicted octanol–water partition coefficient (Wildman–Crippen LogP) is 3.11. The highest BCUT2D eigenvalue weighted by atomic mass is 19.4. The monoisotopic (exact) mass is 406 g/mol. The largest absolute Gasteiger partial charge is 0.487 e. The van der Waals surface area contributed by atoms with Gasteiger partial charge in [-0.1, -0.05) is 12.1 Å². The van der Waals surface area contributed by atoms with Gasteiger partial charge in [0, 0.05) is 32.4 Å². The van der Waals surface area contributed by atoms with E-state index in [1.165, 1.54) is 12.1 Å². The number of benzene rings is 1. The van der Waals surface area contributed by atoms with E-state index in [4.69, 9.17) is 4.74 Å². The second-order valence-electron chi connectivity index (χ2n) is 7.12. The van der Waals surface area contributed by atoms with Gasteiger partial charge >= 0.3 is 12.2 Å². The minimum atomic E-state index is -4.40. The Bertz CT molecular complexity index is 848. The van der Waals surface area contributed by atoms with Crippen molar-refractivity contribution in [1.29, 1.82) is 0 Å². The minimum absolute atomic E-state index is 0.0606. The number of aromatic nitrogens is 1. The lowest BCUT2D eigenvalue weighted by Crippen LogP contribution is -2.62. The molecule has 2 aliphatic heterocycles. The van der Waals surface area contributed by atoms with Gasteiger partial charge in [0.05, 0.1) is 18.7 Å². The topological polar surface area (TPSA) is 48.9 Å². The Kier molecular flexibility index (Phi) is 5.21. The van der Waals surface area contributed by atoms with Crippen LogP contribution in [0.25, 0.3) is 0 Å². The Morgan fingerprint density at radius 1 is 1.00 bits per heavy atom. The van der Waals surface area contributed by atoms with Crippen molar-refractivity contribution >= 4 is 11.8 Å². The van der Waals surface area contributed by atoms with E-state index < -0.39 is 11.7 Å². The van der Waals surface area contributed by atoms with Crippen molar-refractivity contribution < 1.29 is 22.7 Å². The van der Waals surface area contributed by atoms with Gasteiger partial charge in [-0.2, -0.15) is 13.2 Å². The minimum Gasteiger partial charge on any atom is -0.487 e. The third-order valence-corrected chi connectivity index (χ3v) is 5.11. The van der Waals surface area contributed by atoms with Crippen LogP contribution >= 0.6 is 0 Å². The van der Waals surface area contributed by atoms with E-state index in [1.807, 2.05) is 18.2 Å². The van der Waals surface area contributed by atoms with Crippen LogP contribution in [0.4, 0.5) is 23.8 Å². The summed E-state index contributed by atoms with van der Waals surface area (Å²) in [5, 5.41) is 0. The Hall–Kier alpha value is -2.97. The second kappa shape index (κ2) is 7.81. The number of rotatable bonds is 3. The average molecular weight is 406 g/mol. The smallest absolute Gasteiger partial charge is 0.416 e. The van der Waals surface area contributed by atoms with E-state index in [1.54, 1.807) is 16.0 Å². The van der Waals surface area contributed by atoms with Crippen LogP contribution in [0.2, 0.25) is 0 Å². The summed E-state index contributed by atoms with van der Waals surface area (Å²) in [5.41, 5.74) is -0.743. The summed E-state index contributed by atoms with van der Waals surface area (Å²) in [6.07, 6.45) is -2.95. The molecular weight excluding hydrogens is 385 g/mol. The lowest BCUT2D eigenvalue weighted by molar-refractivity contribution is -0.137. The fourth-order valence-electron chi connectivity index (χ4n) is 3.47. The lowest BCUT2D eigenvalue weighted by atomic mass is 10.1. The van der Waals surface area contributed by atoms with Crippen LogP contribution in [-0.4, -0.2) is 66.2 Å². The van der Waals surface area contributed by atoms with E-state index >= 15 is 0 Å². The molecule has 2 saturated heterocycles. The van der Waals surface area contributed by atoms with Crippen molar-refractivity contribution in [2.75, 3.05) is 44.2 Å². The lowest BCUT2D eigenvalue weighted by Gasteiger charge is -2.43. The maximum atomic E-state index is 12.8. The molecule has 0 unspecified atom stereocenters. The molecule has 1 aromatic heterocycles. The summed E-state index contributed by atoms with van der Waals surface area (Å²) in [6, 6.07) is 10.5. The number of hydrogen-bond acceptors (Lipinski definition) is 4. The van der Waals surface area contributed by atoms with Crippen molar-refractivity contribution in [3.63, 3.8) is 0 Å². The molecule has 2 aromatic rings. The molecule has 0 aliphatic carbocycles. The van der Waals surface area contributed by atoms with Gasteiger partial charge in [0.15, 0.2) is 0 Å². The Morgan fingerprint density at radius 2 is 1.76 bits per heavy atom. The summed E-state index contributed by atoms with van der Waals surface area (Å²) in [4.78, 5) is 22.5. The molecule has 6 nitrogen and oxygen atoms in total. The van der Waals surface area contributed by atoms with Crippen LogP contribution in [0.15, 0.2) is 48.7 Å². The third-order valence-electron chi connectivity index (χ3n) is 5.11. The molecule has 2 amide bonds. The van der Waals surface area contributed by atoms with Gasteiger partial charge in [-0.05, 0) is 30.3 Å². The number of pyridine rings is 1. The number of alkyl halides is 3. The number of nitrogens with zero attached hydrogens (tertiary/aromatic N) is 4. The van der Waals surface area contributed by atoms with Crippen molar-refractivity contribution in [2.24, 2.45) is 0 Å². The van der Waals surface area contributed by atoms with Gasteiger partial charge in [-0.25, -0.2) is 9.78 Å². The average Bonchev–Trinajstić information content (AvgIpc) is 2.70. The molecule has 3 heterocycles. The van der Waals surface area contributed by atoms with Crippen molar-refractivity contribution in [3.8, 4) is 5.75 Å². The highest BCUT2D eigenvalue weighted by molar-refractivity contribution is 5.75. The molecule has 9 heteroatoms. The Morgan fingerprint density at radius 3 is 2.41 bits per heavy atom. The quantitative estimate of drug-likeness (QED) is 0.786. The number of ether oxygens (including phenoxy) is 1. The SMILES string of the molecule is O=C(N1CCN(c2ccccn2)CC1)N1CC(Oc2cccc(C(F)(F)F)c2)C1. The second-order valence-corrected chi connectivity index (χ2v) is 7.12. The van der Waals surface area contributed by atoms with Gasteiger partial charge in [-0.15, -0.1) is 0 Å². The number of anilines is 1. The maximum Gasteiger partial charge on any atom is 0.416 e. The number of carbonyl (C=O) groups excluding carboxylic acids is 1. The molecule has 0 radical (unpaired) electrons. The fraction of sp³-hybridized carbons (Fsp3) is 0.400. The molecule has 29 heavy (non-hydrogen) atoms. The zero-order valence-electron chi connectivity index (χ0n) is 15.7. The first-order chi connectivity index (χ1) is 13.9. The molecular formula is C20H21F3N4O2. The first-order valence-corrected chi connectivity index (χ1v) is 9.44. The summed E-state index contributed by atoms with van der Waals surface area (Å²) >= 11 is 0. The summed E-state index contributed by atoms with van der Waals surface area (Å²) in [6.45, 7) is 3.36. The summed E-state index contributed by atoms with van der Waals surface area (Å²) in [5.74, 6) is 1.07. The number of amides is 2. The summed E-state index contributed by atoms with van der Waals surface area (Å²) in [7, 11) is 0. The van der Waals surface area contributed by atoms with Crippen molar-refractivity contribution in [1.82, 2.24) is 14.8 Å². The molecule has 0 atom stereocenters. The highest BCUT2D eigenvalue weighted by Gasteiger charge is 2.36. The number of halogens is 3. The molecule has 0 saturated carbocycles. The molecule has 4 rings (SSSR count). The van der Waals surface area contributed by atoms with E-state index in [0.717, 1.165) is 18.0 Å². The molecule has 2 aliphatic rings. The Labute approximate surface area is 166 Å². The van der Waals surface area contributed by atoms with Crippen molar-refractivity contribution in [3.05, 3.63) is 54.2 Å². The first-order valence-electron chi connectivity index (χ1n) is 9.44. The van der Waals surface area contributed by atoms with E-state index in [0.29, 0.717) is 39.3 Å². The van der Waals surface area contributed by atoms with E-state index in [2.05, 4.69) is 9.88 Å². The maximum absolute atomic E-state index is 12.8. The van der Waals surface area contributed by atoms with Gasteiger partial charge in [0.2, 0.25) is 0 Å². The molecule has 154 valence electrons. The normalized spacial score (nSPS) is 17.8. The Balaban J connectivity index is 1.25. The highest BCUT2D eigenvalue weighted by Crippen LogP contribution is 2.32. The van der Waals surface area contributed by atoms with Gasteiger partial charge in [-0.3, -0.25) is 0 Å². The van der Waals surface area contributed by atoms with Crippen LogP contribution in [0.3, 0.4) is 0 Å². The number of likely N-dealkylation sites (tertiary alicyclic amines) is 1. The van der Waals surface area contributed by atoms with E-state index in [9.17, 15) is 18.0 Å². The standard InChI is InChI=1S/C20H21F3N4O2/c21-20(22,23)15-4-3-5-16(12-15)29-17-13-27(14-17)19(28)26-10-8-25(9-11-26)18-6-1-2-7-24-18/h1-7,12,17H,8-11,13-14H2. The first kappa shape index (κ1) is 19.4. The van der Waals surface area contributed by atoms with Gasteiger partial charge in [0.25, 0.3) is 0 Å². The molecule has 0 spiro atoms. The van der Waals surface area contributed by atoms with Crippen molar-refractivity contribution in [2.45, 2.75) is 12.3 Å².